The summed E-state index contributed by atoms with van der Waals surface area (Å²) in [7, 11) is 6.03. The van der Waals surface area contributed by atoms with E-state index in [9.17, 15) is 0 Å². The first-order valence-corrected chi connectivity index (χ1v) is 5.92. The normalized spacial score (nSPS) is 12.4. The van der Waals surface area contributed by atoms with Crippen LogP contribution in [0, 0.1) is 0 Å². The molecule has 0 aliphatic heterocycles. The molecule has 1 heterocycles. The fourth-order valence-corrected chi connectivity index (χ4v) is 1.33. The van der Waals surface area contributed by atoms with Gasteiger partial charge in [-0.25, -0.2) is 0 Å². The van der Waals surface area contributed by atoms with E-state index in [-0.39, 0.29) is 5.54 Å². The maximum atomic E-state index is 5.68. The lowest BCUT2D eigenvalue weighted by atomic mass is 10.1. The molecular weight excluding hydrogens is 216 g/mol. The molecule has 0 aromatic carbocycles. The van der Waals surface area contributed by atoms with Gasteiger partial charge in [-0.2, -0.15) is 0 Å². The Labute approximate surface area is 104 Å². The lowest BCUT2D eigenvalue weighted by Gasteiger charge is -2.31. The molecule has 0 aliphatic carbocycles. The molecule has 4 heteroatoms. The summed E-state index contributed by atoms with van der Waals surface area (Å²) in [5, 5.41) is 3.09. The van der Waals surface area contributed by atoms with E-state index < -0.39 is 0 Å². The third-order valence-corrected chi connectivity index (χ3v) is 3.00. The fraction of sp³-hybridized carbons (Fsp3) is 0.692. The molecule has 0 spiro atoms. The van der Waals surface area contributed by atoms with Gasteiger partial charge in [0.1, 0.15) is 12.4 Å². The number of nitrogens with one attached hydrogen (secondary N) is 1. The van der Waals surface area contributed by atoms with Gasteiger partial charge in [-0.3, -0.25) is 0 Å². The van der Waals surface area contributed by atoms with Gasteiger partial charge in [0, 0.05) is 17.6 Å². The number of ether oxygens (including phenoxy) is 1. The Bertz CT molecular complexity index is 332. The molecule has 0 amide bonds. The Balaban J connectivity index is 2.35. The highest BCUT2D eigenvalue weighted by Crippen LogP contribution is 2.13. The van der Waals surface area contributed by atoms with Crippen LogP contribution in [0.2, 0.25) is 0 Å². The highest BCUT2D eigenvalue weighted by molar-refractivity contribution is 5.11. The average molecular weight is 240 g/mol. The van der Waals surface area contributed by atoms with E-state index in [1.807, 2.05) is 13.1 Å². The molecule has 0 saturated heterocycles. The zero-order valence-corrected chi connectivity index (χ0v) is 11.5. The smallest absolute Gasteiger partial charge is 0.129 e. The summed E-state index contributed by atoms with van der Waals surface area (Å²) >= 11 is 0. The highest BCUT2D eigenvalue weighted by atomic mass is 16.5. The number of nitrogens with zero attached hydrogens (tertiary/aromatic N) is 1. The first-order valence-electron chi connectivity index (χ1n) is 5.92. The standard InChI is InChI=1S/C13H24N2O2/c1-13(2,15(4)5)10-16-9-12-6-11(7-14-3)8-17-12/h6,8,14H,7,9-10H2,1-5H3. The van der Waals surface area contributed by atoms with Crippen LogP contribution < -0.4 is 5.32 Å². The quantitative estimate of drug-likeness (QED) is 0.789. The van der Waals surface area contributed by atoms with Crippen molar-refractivity contribution >= 4 is 0 Å². The fourth-order valence-electron chi connectivity index (χ4n) is 1.33. The van der Waals surface area contributed by atoms with Crippen LogP contribution in [0.1, 0.15) is 25.2 Å². The lowest BCUT2D eigenvalue weighted by Crippen LogP contribution is -2.42. The van der Waals surface area contributed by atoms with Gasteiger partial charge in [-0.15, -0.1) is 0 Å². The monoisotopic (exact) mass is 240 g/mol. The second kappa shape index (κ2) is 6.19. The third kappa shape index (κ3) is 4.50. The summed E-state index contributed by atoms with van der Waals surface area (Å²) in [6, 6.07) is 2.03. The van der Waals surface area contributed by atoms with Crippen molar-refractivity contribution in [3.05, 3.63) is 23.7 Å². The Kier molecular flexibility index (Phi) is 5.18. The molecule has 1 aromatic heterocycles. The van der Waals surface area contributed by atoms with Gasteiger partial charge >= 0.3 is 0 Å². The van der Waals surface area contributed by atoms with Crippen molar-refractivity contribution in [2.45, 2.75) is 32.5 Å². The third-order valence-electron chi connectivity index (χ3n) is 3.00. The van der Waals surface area contributed by atoms with Crippen LogP contribution in [0.5, 0.6) is 0 Å². The summed E-state index contributed by atoms with van der Waals surface area (Å²) in [5.74, 6) is 0.879. The predicted octanol–water partition coefficient (Wildman–Crippen LogP) is 1.86. The molecule has 0 bridgehead atoms. The maximum Gasteiger partial charge on any atom is 0.129 e. The number of furan rings is 1. The van der Waals surface area contributed by atoms with Gasteiger partial charge in [0.2, 0.25) is 0 Å². The number of hydrogen-bond donors (Lipinski definition) is 1. The summed E-state index contributed by atoms with van der Waals surface area (Å²) in [6.07, 6.45) is 1.77. The number of likely N-dealkylation sites (N-methyl/N-ethyl adjacent to an activating group) is 1. The number of hydrogen-bond acceptors (Lipinski definition) is 4. The summed E-state index contributed by atoms with van der Waals surface area (Å²) in [6.45, 7) is 6.35. The van der Waals surface area contributed by atoms with E-state index in [0.717, 1.165) is 17.9 Å². The van der Waals surface area contributed by atoms with Crippen molar-refractivity contribution < 1.29 is 9.15 Å². The van der Waals surface area contributed by atoms with Crippen LogP contribution in [0.3, 0.4) is 0 Å². The van der Waals surface area contributed by atoms with Gasteiger partial charge in [-0.1, -0.05) is 0 Å². The Morgan fingerprint density at radius 1 is 1.41 bits per heavy atom. The summed E-state index contributed by atoms with van der Waals surface area (Å²) in [5.41, 5.74) is 1.19. The minimum atomic E-state index is 0.0421. The van der Waals surface area contributed by atoms with Crippen molar-refractivity contribution in [1.82, 2.24) is 10.2 Å². The van der Waals surface area contributed by atoms with Crippen molar-refractivity contribution in [1.29, 1.82) is 0 Å². The van der Waals surface area contributed by atoms with Crippen molar-refractivity contribution in [3.8, 4) is 0 Å². The molecule has 0 atom stereocenters. The van der Waals surface area contributed by atoms with Crippen LogP contribution >= 0.6 is 0 Å². The minimum Gasteiger partial charge on any atom is -0.467 e. The largest absolute Gasteiger partial charge is 0.467 e. The van der Waals surface area contributed by atoms with Gasteiger partial charge in [0.25, 0.3) is 0 Å². The topological polar surface area (TPSA) is 37.6 Å². The molecule has 1 aromatic rings. The summed E-state index contributed by atoms with van der Waals surface area (Å²) in [4.78, 5) is 2.15. The van der Waals surface area contributed by atoms with Crippen LogP contribution in [-0.2, 0) is 17.9 Å². The van der Waals surface area contributed by atoms with Crippen LogP contribution in [-0.4, -0.2) is 38.2 Å². The average Bonchev–Trinajstić information content (AvgIpc) is 2.66. The Morgan fingerprint density at radius 2 is 2.12 bits per heavy atom. The first kappa shape index (κ1) is 14.2. The van der Waals surface area contributed by atoms with Crippen LogP contribution in [0.4, 0.5) is 0 Å². The van der Waals surface area contributed by atoms with E-state index in [4.69, 9.17) is 9.15 Å². The first-order chi connectivity index (χ1) is 7.95. The maximum absolute atomic E-state index is 5.68. The van der Waals surface area contributed by atoms with E-state index in [1.165, 1.54) is 0 Å². The van der Waals surface area contributed by atoms with Crippen LogP contribution in [0.15, 0.2) is 16.7 Å². The molecule has 0 fully saturated rings. The molecule has 0 aliphatic rings. The van der Waals surface area contributed by atoms with Gasteiger partial charge in [0.15, 0.2) is 0 Å². The SMILES string of the molecule is CNCc1coc(COCC(C)(C)N(C)C)c1. The second-order valence-corrected chi connectivity index (χ2v) is 5.15. The molecule has 0 saturated carbocycles. The lowest BCUT2D eigenvalue weighted by molar-refractivity contribution is 0.0209. The molecule has 17 heavy (non-hydrogen) atoms. The zero-order chi connectivity index (χ0) is 12.9. The Morgan fingerprint density at radius 3 is 2.71 bits per heavy atom. The minimum absolute atomic E-state index is 0.0421. The molecule has 0 radical (unpaired) electrons. The summed E-state index contributed by atoms with van der Waals surface area (Å²) < 4.78 is 11.1. The molecule has 4 nitrogen and oxygen atoms in total. The molecule has 1 N–H and O–H groups in total. The van der Waals surface area contributed by atoms with Gasteiger partial charge in [0.05, 0.1) is 12.9 Å². The number of rotatable bonds is 7. The van der Waals surface area contributed by atoms with Crippen molar-refractivity contribution in [3.63, 3.8) is 0 Å². The second-order valence-electron chi connectivity index (χ2n) is 5.15. The zero-order valence-electron chi connectivity index (χ0n) is 11.5. The predicted molar refractivity (Wildman–Crippen MR) is 68.9 cm³/mol. The van der Waals surface area contributed by atoms with Gasteiger partial charge < -0.3 is 19.4 Å². The van der Waals surface area contributed by atoms with Crippen LogP contribution in [0.25, 0.3) is 0 Å². The molecule has 0 unspecified atom stereocenters. The van der Waals surface area contributed by atoms with E-state index in [2.05, 4.69) is 38.2 Å². The van der Waals surface area contributed by atoms with Crippen molar-refractivity contribution in [2.24, 2.45) is 0 Å². The molecule has 1 rings (SSSR count). The van der Waals surface area contributed by atoms with Gasteiger partial charge in [-0.05, 0) is 41.1 Å². The molecule has 98 valence electrons. The van der Waals surface area contributed by atoms with E-state index in [0.29, 0.717) is 13.2 Å². The molecular formula is C13H24N2O2. The van der Waals surface area contributed by atoms with Crippen molar-refractivity contribution in [2.75, 3.05) is 27.7 Å². The Hall–Kier alpha value is -0.840. The van der Waals surface area contributed by atoms with E-state index in [1.54, 1.807) is 6.26 Å². The van der Waals surface area contributed by atoms with E-state index >= 15 is 0 Å². The highest BCUT2D eigenvalue weighted by Gasteiger charge is 2.20.